The van der Waals surface area contributed by atoms with Crippen molar-refractivity contribution in [2.75, 3.05) is 17.7 Å². The lowest BCUT2D eigenvalue weighted by molar-refractivity contribution is 0.415. The van der Waals surface area contributed by atoms with Gasteiger partial charge in [0.15, 0.2) is 5.82 Å². The lowest BCUT2D eigenvalue weighted by Gasteiger charge is -2.12. The third-order valence-electron chi connectivity index (χ3n) is 7.23. The molecule has 0 bridgehead atoms. The van der Waals surface area contributed by atoms with Crippen LogP contribution >= 0.6 is 28.1 Å². The number of methoxy groups -OCH3 is 1. The van der Waals surface area contributed by atoms with Gasteiger partial charge in [0.25, 0.3) is 0 Å². The summed E-state index contributed by atoms with van der Waals surface area (Å²) in [6.45, 7) is 3.64. The number of anilines is 2. The Balaban J connectivity index is 1.48. The van der Waals surface area contributed by atoms with Crippen molar-refractivity contribution in [3.8, 4) is 16.9 Å². The third kappa shape index (κ3) is 5.06. The lowest BCUT2D eigenvalue weighted by Crippen LogP contribution is -2.15. The second-order valence-corrected chi connectivity index (χ2v) is 11.2. The van der Waals surface area contributed by atoms with E-state index in [-0.39, 0.29) is 0 Å². The van der Waals surface area contributed by atoms with E-state index < -0.39 is 0 Å². The van der Waals surface area contributed by atoms with Gasteiger partial charge >= 0.3 is 0 Å². The van der Waals surface area contributed by atoms with E-state index in [0.29, 0.717) is 11.5 Å². The molecule has 0 aliphatic carbocycles. The molecular weight excluding hydrogens is 570 g/mol. The number of nitrogens with one attached hydrogen (secondary N) is 2. The van der Waals surface area contributed by atoms with Crippen molar-refractivity contribution in [1.29, 1.82) is 0 Å². The van der Waals surface area contributed by atoms with Crippen molar-refractivity contribution in [2.45, 2.75) is 39.3 Å². The van der Waals surface area contributed by atoms with Crippen LogP contribution in [0.1, 0.15) is 35.5 Å². The molecule has 39 heavy (non-hydrogen) atoms. The van der Waals surface area contributed by atoms with Crippen LogP contribution in [0.25, 0.3) is 16.8 Å². The fraction of sp³-hybridized carbons (Fsp3) is 0.226. The summed E-state index contributed by atoms with van der Waals surface area (Å²) in [6.07, 6.45) is 3.19. The Kier molecular flexibility index (Phi) is 7.14. The Hall–Kier alpha value is -3.62. The van der Waals surface area contributed by atoms with Crippen molar-refractivity contribution in [3.63, 3.8) is 0 Å². The van der Waals surface area contributed by atoms with E-state index in [0.717, 1.165) is 75.7 Å². The van der Waals surface area contributed by atoms with Crippen LogP contribution in [0.5, 0.6) is 5.75 Å². The molecule has 3 heterocycles. The van der Waals surface area contributed by atoms with E-state index in [4.69, 9.17) is 22.1 Å². The maximum absolute atomic E-state index is 6.10. The Bertz CT molecular complexity index is 1650. The zero-order valence-electron chi connectivity index (χ0n) is 22.0. The minimum Gasteiger partial charge on any atom is -0.497 e. The standard InChI is InChI=1S/C31H30BrN5OS/c1-20-6-5-7-24(18-20)34-30(39)29-28(21-9-15-25(38-2)16-10-21)26-8-3-4-17-36-27(35-37(29)31(26)36)19-33-23-13-11-22(32)12-14-23/h5-7,9-16,18,33H,3-4,8,17,19H2,1-2H3,(H,34,39). The average Bonchev–Trinajstić information content (AvgIpc) is 3.34. The second-order valence-electron chi connectivity index (χ2n) is 9.88. The van der Waals surface area contributed by atoms with E-state index >= 15 is 0 Å². The summed E-state index contributed by atoms with van der Waals surface area (Å²) in [6, 6.07) is 24.8. The molecule has 1 aliphatic rings. The van der Waals surface area contributed by atoms with E-state index in [1.807, 2.05) is 36.4 Å². The topological polar surface area (TPSA) is 55.5 Å². The third-order valence-corrected chi connectivity index (χ3v) is 8.05. The average molecular weight is 601 g/mol. The van der Waals surface area contributed by atoms with E-state index in [2.05, 4.69) is 79.0 Å². The number of ether oxygens (including phenoxy) is 1. The molecule has 8 heteroatoms. The number of aryl methyl sites for hydroxylation is 3. The number of nitrogens with zero attached hydrogens (tertiary/aromatic N) is 3. The molecular formula is C31H30BrN5OS. The van der Waals surface area contributed by atoms with Gasteiger partial charge in [0.1, 0.15) is 22.1 Å². The van der Waals surface area contributed by atoms with Gasteiger partial charge in [-0.1, -0.05) is 52.4 Å². The van der Waals surface area contributed by atoms with Crippen LogP contribution in [0.15, 0.2) is 77.3 Å². The first-order valence-corrected chi connectivity index (χ1v) is 14.4. The van der Waals surface area contributed by atoms with Crippen molar-refractivity contribution in [2.24, 2.45) is 0 Å². The number of hydrogen-bond acceptors (Lipinski definition) is 4. The number of halogens is 1. The van der Waals surface area contributed by atoms with Crippen LogP contribution in [-0.2, 0) is 19.5 Å². The molecule has 0 atom stereocenters. The molecule has 0 radical (unpaired) electrons. The highest BCUT2D eigenvalue weighted by Crippen LogP contribution is 2.38. The predicted molar refractivity (Wildman–Crippen MR) is 166 cm³/mol. The summed E-state index contributed by atoms with van der Waals surface area (Å²) in [7, 11) is 1.69. The summed E-state index contributed by atoms with van der Waals surface area (Å²) in [4.78, 5) is 0.658. The number of thiocarbonyl (C=S) groups is 1. The molecule has 5 aromatic rings. The number of hydrogen-bond donors (Lipinski definition) is 2. The predicted octanol–water partition coefficient (Wildman–Crippen LogP) is 7.62. The van der Waals surface area contributed by atoms with Gasteiger partial charge in [0, 0.05) is 33.5 Å². The van der Waals surface area contributed by atoms with Gasteiger partial charge in [0.2, 0.25) is 0 Å². The first-order valence-electron chi connectivity index (χ1n) is 13.2. The molecule has 0 amide bonds. The van der Waals surface area contributed by atoms with Crippen molar-refractivity contribution in [1.82, 2.24) is 14.2 Å². The maximum Gasteiger partial charge on any atom is 0.150 e. The highest BCUT2D eigenvalue weighted by atomic mass is 79.9. The molecule has 2 N–H and O–H groups in total. The number of benzene rings is 3. The van der Waals surface area contributed by atoms with Crippen molar-refractivity contribution in [3.05, 3.63) is 99.9 Å². The van der Waals surface area contributed by atoms with Crippen LogP contribution in [0.3, 0.4) is 0 Å². The van der Waals surface area contributed by atoms with Crippen LogP contribution < -0.4 is 15.4 Å². The fourth-order valence-electron chi connectivity index (χ4n) is 5.38. The molecule has 0 spiro atoms. The van der Waals surface area contributed by atoms with Crippen LogP contribution in [0, 0.1) is 6.92 Å². The summed E-state index contributed by atoms with van der Waals surface area (Å²) >= 11 is 9.62. The van der Waals surface area contributed by atoms with E-state index in [1.165, 1.54) is 11.1 Å². The minimum atomic E-state index is 0.623. The van der Waals surface area contributed by atoms with Crippen molar-refractivity contribution >= 4 is 50.2 Å². The molecule has 0 fully saturated rings. The largest absolute Gasteiger partial charge is 0.497 e. The Morgan fingerprint density at radius 1 is 1.03 bits per heavy atom. The molecule has 1 aliphatic heterocycles. The van der Waals surface area contributed by atoms with Crippen LogP contribution in [0.4, 0.5) is 11.4 Å². The fourth-order valence-corrected chi connectivity index (χ4v) is 5.95. The molecule has 198 valence electrons. The van der Waals surface area contributed by atoms with Gasteiger partial charge in [-0.3, -0.25) is 0 Å². The zero-order valence-corrected chi connectivity index (χ0v) is 24.4. The van der Waals surface area contributed by atoms with Gasteiger partial charge in [0.05, 0.1) is 13.7 Å². The molecule has 0 saturated heterocycles. The number of rotatable bonds is 7. The summed E-state index contributed by atoms with van der Waals surface area (Å²) < 4.78 is 10.9. The van der Waals surface area contributed by atoms with E-state index in [1.54, 1.807) is 7.11 Å². The number of aromatic nitrogens is 3. The summed E-state index contributed by atoms with van der Waals surface area (Å²) in [5.41, 5.74) is 8.82. The van der Waals surface area contributed by atoms with Crippen molar-refractivity contribution < 1.29 is 4.74 Å². The quantitative estimate of drug-likeness (QED) is 0.188. The highest BCUT2D eigenvalue weighted by Gasteiger charge is 2.29. The smallest absolute Gasteiger partial charge is 0.150 e. The van der Waals surface area contributed by atoms with Crippen LogP contribution in [0.2, 0.25) is 0 Å². The highest BCUT2D eigenvalue weighted by molar-refractivity contribution is 9.10. The maximum atomic E-state index is 6.10. The summed E-state index contributed by atoms with van der Waals surface area (Å²) in [5, 5.41) is 12.2. The lowest BCUT2D eigenvalue weighted by atomic mass is 9.98. The molecule has 2 aromatic heterocycles. The van der Waals surface area contributed by atoms with Gasteiger partial charge < -0.3 is 19.9 Å². The Labute approximate surface area is 242 Å². The molecule has 6 rings (SSSR count). The van der Waals surface area contributed by atoms with Crippen LogP contribution in [-0.4, -0.2) is 26.3 Å². The normalized spacial score (nSPS) is 12.8. The first kappa shape index (κ1) is 25.6. The van der Waals surface area contributed by atoms with Gasteiger partial charge in [-0.25, -0.2) is 4.52 Å². The molecule has 3 aromatic carbocycles. The zero-order chi connectivity index (χ0) is 26.9. The van der Waals surface area contributed by atoms with Gasteiger partial charge in [-0.2, -0.15) is 5.10 Å². The second kappa shape index (κ2) is 10.9. The molecule has 0 saturated carbocycles. The summed E-state index contributed by atoms with van der Waals surface area (Å²) in [5.74, 6) is 1.83. The monoisotopic (exact) mass is 599 g/mol. The SMILES string of the molecule is COc1ccc(-c2c3c4n(c(CNc5ccc(Br)cc5)nn4c2C(=S)Nc2cccc(C)c2)CCCC3)cc1. The van der Waals surface area contributed by atoms with Gasteiger partial charge in [-0.15, -0.1) is 0 Å². The molecule has 0 unspecified atom stereocenters. The van der Waals surface area contributed by atoms with Gasteiger partial charge in [-0.05, 0) is 85.8 Å². The minimum absolute atomic E-state index is 0.623. The first-order chi connectivity index (χ1) is 19.0. The molecule has 6 nitrogen and oxygen atoms in total. The van der Waals surface area contributed by atoms with E-state index in [9.17, 15) is 0 Å². The Morgan fingerprint density at radius 2 is 1.82 bits per heavy atom. The Morgan fingerprint density at radius 3 is 2.56 bits per heavy atom.